The predicted molar refractivity (Wildman–Crippen MR) is 23.6 cm³/mol. The monoisotopic (exact) mass is 72.1 g/mol. The second kappa shape index (κ2) is 2.09. The van der Waals surface area contributed by atoms with Crippen LogP contribution >= 0.6 is 0 Å². The van der Waals surface area contributed by atoms with E-state index in [4.69, 9.17) is 5.73 Å². The smallest absolute Gasteiger partial charge is 0.105 e. The van der Waals surface area contributed by atoms with Gasteiger partial charge in [0.25, 0.3) is 0 Å². The Labute approximate surface area is 33.2 Å². The molecule has 0 spiro atoms. The molecule has 0 rings (SSSR count). The third-order valence-corrected chi connectivity index (χ3v) is 0.402. The van der Waals surface area contributed by atoms with E-state index in [1.54, 1.807) is 0 Å². The molecule has 1 unspecified atom stereocenters. The van der Waals surface area contributed by atoms with Gasteiger partial charge in [-0.3, -0.25) is 0 Å². The minimum absolute atomic E-state index is 0.412. The van der Waals surface area contributed by atoms with Crippen molar-refractivity contribution in [2.45, 2.75) is 6.92 Å². The van der Waals surface area contributed by atoms with Crippen LogP contribution in [0.1, 0.15) is 6.92 Å². The van der Waals surface area contributed by atoms with Crippen molar-refractivity contribution in [2.24, 2.45) is 11.7 Å². The van der Waals surface area contributed by atoms with Crippen LogP contribution in [0.4, 0.5) is 0 Å². The molecule has 0 aliphatic carbocycles. The first-order chi connectivity index (χ1) is 2.27. The lowest BCUT2D eigenvalue weighted by molar-refractivity contribution is 0.736. The number of rotatable bonds is 1. The molecule has 1 atom stereocenters. The highest BCUT2D eigenvalue weighted by atomic mass is 14.5. The Morgan fingerprint density at radius 3 is 2.20 bits per heavy atom. The lowest BCUT2D eigenvalue weighted by Crippen LogP contribution is -2.05. The standard InChI is InChI=1S/C4H10N/c1-4(2)3-5/h4H,1,3,5H2,2H3/q+1. The van der Waals surface area contributed by atoms with E-state index >= 15 is 0 Å². The normalized spacial score (nSPS) is 14.8. The first kappa shape index (κ1) is 4.83. The summed E-state index contributed by atoms with van der Waals surface area (Å²) >= 11 is 0. The highest BCUT2D eigenvalue weighted by Crippen LogP contribution is 1.80. The van der Waals surface area contributed by atoms with Crippen molar-refractivity contribution in [1.82, 2.24) is 0 Å². The van der Waals surface area contributed by atoms with Crippen LogP contribution in [-0.2, 0) is 0 Å². The van der Waals surface area contributed by atoms with Gasteiger partial charge in [-0.25, -0.2) is 0 Å². The maximum Gasteiger partial charge on any atom is 0.105 e. The molecule has 0 saturated heterocycles. The summed E-state index contributed by atoms with van der Waals surface area (Å²) in [5.74, 6) is 0.412. The lowest BCUT2D eigenvalue weighted by atomic mass is 10.2. The summed E-state index contributed by atoms with van der Waals surface area (Å²) in [5, 5.41) is 0. The van der Waals surface area contributed by atoms with E-state index in [1.807, 2.05) is 6.92 Å². The molecule has 1 heteroatoms. The zero-order chi connectivity index (χ0) is 4.28. The highest BCUT2D eigenvalue weighted by Gasteiger charge is 1.89. The van der Waals surface area contributed by atoms with Crippen molar-refractivity contribution < 1.29 is 0 Å². The molecule has 0 aliphatic heterocycles. The molecule has 5 heavy (non-hydrogen) atoms. The Balaban J connectivity index is 2.54. The van der Waals surface area contributed by atoms with Crippen molar-refractivity contribution >= 4 is 0 Å². The van der Waals surface area contributed by atoms with Crippen molar-refractivity contribution in [3.8, 4) is 0 Å². The number of hydrogen-bond donors (Lipinski definition) is 1. The quantitative estimate of drug-likeness (QED) is 0.446. The molecular weight excluding hydrogens is 62.1 g/mol. The molecule has 0 saturated carbocycles. The fraction of sp³-hybridized carbons (Fsp3) is 0.750. The molecule has 30 valence electrons. The summed E-state index contributed by atoms with van der Waals surface area (Å²) in [7, 11) is 0. The van der Waals surface area contributed by atoms with Gasteiger partial charge in [-0.15, -0.1) is 0 Å². The molecule has 0 fully saturated rings. The summed E-state index contributed by atoms with van der Waals surface area (Å²) in [4.78, 5) is 0. The van der Waals surface area contributed by atoms with Gasteiger partial charge in [0.1, 0.15) is 5.92 Å². The second-order valence-corrected chi connectivity index (χ2v) is 1.34. The molecule has 0 aromatic heterocycles. The minimum Gasteiger partial charge on any atom is -0.326 e. The van der Waals surface area contributed by atoms with E-state index in [0.29, 0.717) is 12.5 Å². The van der Waals surface area contributed by atoms with Crippen LogP contribution in [0.3, 0.4) is 0 Å². The predicted octanol–water partition coefficient (Wildman–Crippen LogP) is 0.415. The van der Waals surface area contributed by atoms with Crippen LogP contribution in [0.25, 0.3) is 0 Å². The Hall–Kier alpha value is -0.170. The molecule has 0 radical (unpaired) electrons. The Morgan fingerprint density at radius 1 is 2.00 bits per heavy atom. The topological polar surface area (TPSA) is 26.0 Å². The molecule has 0 heterocycles. The van der Waals surface area contributed by atoms with E-state index in [9.17, 15) is 0 Å². The van der Waals surface area contributed by atoms with Crippen LogP contribution in [0, 0.1) is 12.8 Å². The maximum atomic E-state index is 5.11. The lowest BCUT2D eigenvalue weighted by Gasteiger charge is -1.82. The van der Waals surface area contributed by atoms with Crippen molar-refractivity contribution in [3.05, 3.63) is 6.92 Å². The van der Waals surface area contributed by atoms with Crippen LogP contribution in [0.15, 0.2) is 0 Å². The summed E-state index contributed by atoms with van der Waals surface area (Å²) in [5.41, 5.74) is 5.11. The summed E-state index contributed by atoms with van der Waals surface area (Å²) in [6, 6.07) is 0. The number of nitrogens with two attached hydrogens (primary N) is 1. The molecule has 0 bridgehead atoms. The van der Waals surface area contributed by atoms with Gasteiger partial charge < -0.3 is 5.73 Å². The van der Waals surface area contributed by atoms with Gasteiger partial charge in [-0.1, -0.05) is 0 Å². The molecule has 0 aromatic carbocycles. The average molecular weight is 72.1 g/mol. The van der Waals surface area contributed by atoms with E-state index in [0.717, 1.165) is 0 Å². The van der Waals surface area contributed by atoms with Crippen molar-refractivity contribution in [3.63, 3.8) is 0 Å². The third-order valence-electron chi connectivity index (χ3n) is 0.402. The van der Waals surface area contributed by atoms with Crippen LogP contribution < -0.4 is 5.73 Å². The van der Waals surface area contributed by atoms with Crippen LogP contribution in [0.5, 0.6) is 0 Å². The fourth-order valence-electron chi connectivity index (χ4n) is 0. The Morgan fingerprint density at radius 2 is 2.20 bits per heavy atom. The zero-order valence-corrected chi connectivity index (χ0v) is 3.57. The van der Waals surface area contributed by atoms with E-state index in [2.05, 4.69) is 6.92 Å². The minimum atomic E-state index is 0.412. The van der Waals surface area contributed by atoms with Gasteiger partial charge in [0.2, 0.25) is 0 Å². The first-order valence-electron chi connectivity index (χ1n) is 1.80. The van der Waals surface area contributed by atoms with Crippen LogP contribution in [-0.4, -0.2) is 6.54 Å². The van der Waals surface area contributed by atoms with Gasteiger partial charge >= 0.3 is 0 Å². The van der Waals surface area contributed by atoms with Crippen molar-refractivity contribution in [1.29, 1.82) is 0 Å². The summed E-state index contributed by atoms with van der Waals surface area (Å²) in [6.07, 6.45) is 0. The molecule has 1 nitrogen and oxygen atoms in total. The summed E-state index contributed by atoms with van der Waals surface area (Å²) < 4.78 is 0. The summed E-state index contributed by atoms with van der Waals surface area (Å²) in [6.45, 7) is 6.31. The van der Waals surface area contributed by atoms with Gasteiger partial charge in [0.15, 0.2) is 0 Å². The second-order valence-electron chi connectivity index (χ2n) is 1.34. The molecule has 2 N–H and O–H groups in total. The van der Waals surface area contributed by atoms with Gasteiger partial charge in [0.05, 0.1) is 6.92 Å². The first-order valence-corrected chi connectivity index (χ1v) is 1.80. The maximum absolute atomic E-state index is 5.11. The molecule has 0 aromatic rings. The van der Waals surface area contributed by atoms with E-state index in [-0.39, 0.29) is 0 Å². The van der Waals surface area contributed by atoms with Crippen molar-refractivity contribution in [2.75, 3.05) is 6.54 Å². The average Bonchev–Trinajstić information content (AvgIpc) is 1.38. The van der Waals surface area contributed by atoms with Gasteiger partial charge in [-0.05, 0) is 6.92 Å². The SMILES string of the molecule is [CH2+]C(C)CN. The van der Waals surface area contributed by atoms with E-state index in [1.165, 1.54) is 0 Å². The van der Waals surface area contributed by atoms with E-state index < -0.39 is 0 Å². The zero-order valence-electron chi connectivity index (χ0n) is 3.57. The number of hydrogen-bond acceptors (Lipinski definition) is 1. The Kier molecular flexibility index (Phi) is 2.02. The molecular formula is C4H10N+. The Bertz CT molecular complexity index is 17.6. The van der Waals surface area contributed by atoms with Crippen LogP contribution in [0.2, 0.25) is 0 Å². The third kappa shape index (κ3) is 3.83. The van der Waals surface area contributed by atoms with Gasteiger partial charge in [0, 0.05) is 6.54 Å². The van der Waals surface area contributed by atoms with Gasteiger partial charge in [-0.2, -0.15) is 0 Å². The molecule has 0 aliphatic rings. The fourth-order valence-corrected chi connectivity index (χ4v) is 0. The highest BCUT2D eigenvalue weighted by molar-refractivity contribution is 4.50. The largest absolute Gasteiger partial charge is 0.326 e. The molecule has 0 amide bonds.